The zero-order valence-corrected chi connectivity index (χ0v) is 15.7. The largest absolute Gasteiger partial charge is 0.466 e. The lowest BCUT2D eigenvalue weighted by molar-refractivity contribution is -0.149. The first-order chi connectivity index (χ1) is 11.6. The van der Waals surface area contributed by atoms with Gasteiger partial charge in [0.05, 0.1) is 25.7 Å². The van der Waals surface area contributed by atoms with Gasteiger partial charge >= 0.3 is 5.97 Å². The number of rotatable bonds is 9. The predicted octanol–water partition coefficient (Wildman–Crippen LogP) is 0.805. The molecule has 0 bridgehead atoms. The molecule has 0 atom stereocenters. The van der Waals surface area contributed by atoms with Crippen LogP contribution in [0, 0.1) is 5.92 Å². The van der Waals surface area contributed by atoms with Crippen molar-refractivity contribution in [3.8, 4) is 0 Å². The van der Waals surface area contributed by atoms with Crippen molar-refractivity contribution in [2.45, 2.75) is 26.7 Å². The highest BCUT2D eigenvalue weighted by molar-refractivity contribution is 5.80. The Kier molecular flexibility index (Phi) is 10.4. The molecule has 24 heavy (non-hydrogen) atoms. The molecule has 1 aliphatic heterocycles. The summed E-state index contributed by atoms with van der Waals surface area (Å²) in [4.78, 5) is 21.0. The van der Waals surface area contributed by atoms with Crippen LogP contribution in [0.15, 0.2) is 4.99 Å². The topological polar surface area (TPSA) is 66.4 Å². The van der Waals surface area contributed by atoms with E-state index in [2.05, 4.69) is 29.1 Å². The van der Waals surface area contributed by atoms with Gasteiger partial charge in [-0.15, -0.1) is 0 Å². The zero-order chi connectivity index (χ0) is 17.8. The molecule has 0 aromatic carbocycles. The van der Waals surface area contributed by atoms with Gasteiger partial charge in [0.15, 0.2) is 5.96 Å². The molecule has 0 saturated carbocycles. The Morgan fingerprint density at radius 2 is 2.00 bits per heavy atom. The van der Waals surface area contributed by atoms with Crippen LogP contribution in [0.4, 0.5) is 0 Å². The molecule has 0 amide bonds. The molecule has 1 rings (SSSR count). The van der Waals surface area contributed by atoms with Gasteiger partial charge in [-0.1, -0.05) is 0 Å². The molecule has 0 spiro atoms. The van der Waals surface area contributed by atoms with E-state index in [0.717, 1.165) is 64.7 Å². The molecule has 0 aliphatic carbocycles. The Morgan fingerprint density at radius 1 is 1.29 bits per heavy atom. The van der Waals surface area contributed by atoms with Crippen LogP contribution in [0.25, 0.3) is 0 Å². The first-order valence-electron chi connectivity index (χ1n) is 8.99. The first-order valence-corrected chi connectivity index (χ1v) is 8.99. The molecule has 0 aromatic rings. The van der Waals surface area contributed by atoms with E-state index in [1.54, 1.807) is 7.11 Å². The van der Waals surface area contributed by atoms with E-state index in [-0.39, 0.29) is 11.9 Å². The van der Waals surface area contributed by atoms with Crippen molar-refractivity contribution in [2.24, 2.45) is 10.9 Å². The summed E-state index contributed by atoms with van der Waals surface area (Å²) in [6.45, 7) is 10.2. The number of hydrogen-bond donors (Lipinski definition) is 1. The van der Waals surface area contributed by atoms with Gasteiger partial charge in [-0.3, -0.25) is 9.79 Å². The summed E-state index contributed by atoms with van der Waals surface area (Å²) in [6, 6.07) is 0. The molecular formula is C17H34N4O3. The normalized spacial score (nSPS) is 16.5. The highest BCUT2D eigenvalue weighted by atomic mass is 16.5. The van der Waals surface area contributed by atoms with E-state index < -0.39 is 0 Å². The highest BCUT2D eigenvalue weighted by Crippen LogP contribution is 2.18. The third-order valence-corrected chi connectivity index (χ3v) is 4.17. The monoisotopic (exact) mass is 342 g/mol. The van der Waals surface area contributed by atoms with Crippen molar-refractivity contribution in [3.05, 3.63) is 0 Å². The van der Waals surface area contributed by atoms with Crippen LogP contribution in [0.3, 0.4) is 0 Å². The van der Waals surface area contributed by atoms with E-state index in [1.807, 2.05) is 6.92 Å². The fourth-order valence-electron chi connectivity index (χ4n) is 2.70. The van der Waals surface area contributed by atoms with E-state index in [4.69, 9.17) is 14.5 Å². The number of esters is 1. The summed E-state index contributed by atoms with van der Waals surface area (Å²) < 4.78 is 10.2. The van der Waals surface area contributed by atoms with Crippen molar-refractivity contribution in [1.82, 2.24) is 15.1 Å². The third kappa shape index (κ3) is 7.49. The molecular weight excluding hydrogens is 308 g/mol. The van der Waals surface area contributed by atoms with E-state index >= 15 is 0 Å². The van der Waals surface area contributed by atoms with Crippen molar-refractivity contribution in [3.63, 3.8) is 0 Å². The van der Waals surface area contributed by atoms with Gasteiger partial charge in [0.25, 0.3) is 0 Å². The van der Waals surface area contributed by atoms with Crippen LogP contribution in [-0.2, 0) is 14.3 Å². The van der Waals surface area contributed by atoms with Crippen molar-refractivity contribution < 1.29 is 14.3 Å². The molecule has 0 radical (unpaired) electrons. The van der Waals surface area contributed by atoms with Crippen LogP contribution < -0.4 is 5.32 Å². The van der Waals surface area contributed by atoms with Gasteiger partial charge in [0.1, 0.15) is 0 Å². The summed E-state index contributed by atoms with van der Waals surface area (Å²) in [5.41, 5.74) is 0. The van der Waals surface area contributed by atoms with Crippen LogP contribution in [0.2, 0.25) is 0 Å². The maximum absolute atomic E-state index is 11.8. The average molecular weight is 342 g/mol. The van der Waals surface area contributed by atoms with Crippen LogP contribution in [0.1, 0.15) is 26.7 Å². The second-order valence-electron chi connectivity index (χ2n) is 6.05. The third-order valence-electron chi connectivity index (χ3n) is 4.17. The number of hydrogen-bond acceptors (Lipinski definition) is 5. The molecule has 1 saturated heterocycles. The maximum atomic E-state index is 11.8. The Bertz CT molecular complexity index is 382. The number of nitrogens with one attached hydrogen (secondary N) is 1. The second kappa shape index (κ2) is 12.1. The van der Waals surface area contributed by atoms with E-state index in [0.29, 0.717) is 6.61 Å². The lowest BCUT2D eigenvalue weighted by atomic mass is 9.97. The minimum absolute atomic E-state index is 0.0317. The van der Waals surface area contributed by atoms with Crippen molar-refractivity contribution in [1.29, 1.82) is 0 Å². The fourth-order valence-corrected chi connectivity index (χ4v) is 2.70. The molecule has 1 N–H and O–H groups in total. The highest BCUT2D eigenvalue weighted by Gasteiger charge is 2.27. The fraction of sp³-hybridized carbons (Fsp3) is 0.882. The van der Waals surface area contributed by atoms with Crippen molar-refractivity contribution in [2.75, 3.05) is 66.6 Å². The van der Waals surface area contributed by atoms with E-state index in [9.17, 15) is 4.79 Å². The summed E-state index contributed by atoms with van der Waals surface area (Å²) >= 11 is 0. The Labute approximate surface area is 146 Å². The number of piperidine rings is 1. The minimum atomic E-state index is -0.0566. The molecule has 1 heterocycles. The van der Waals surface area contributed by atoms with Gasteiger partial charge in [-0.2, -0.15) is 0 Å². The first kappa shape index (κ1) is 20.7. The standard InChI is InChI=1S/C17H34N4O3/c1-5-18-17(19-9-12-20(3)13-14-23-4)21-10-7-15(8-11-21)16(22)24-6-2/h15H,5-14H2,1-4H3,(H,18,19). The Hall–Kier alpha value is -1.34. The van der Waals surface area contributed by atoms with Crippen molar-refractivity contribution >= 4 is 11.9 Å². The number of guanidine groups is 1. The lowest BCUT2D eigenvalue weighted by Crippen LogP contribution is -2.47. The van der Waals surface area contributed by atoms with Crippen LogP contribution >= 0.6 is 0 Å². The number of carbonyl (C=O) groups is 1. The summed E-state index contributed by atoms with van der Waals surface area (Å²) in [7, 11) is 3.79. The Morgan fingerprint density at radius 3 is 2.58 bits per heavy atom. The summed E-state index contributed by atoms with van der Waals surface area (Å²) in [5, 5.41) is 3.35. The number of ether oxygens (including phenoxy) is 2. The van der Waals surface area contributed by atoms with Gasteiger partial charge in [0.2, 0.25) is 0 Å². The number of carbonyl (C=O) groups excluding carboxylic acids is 1. The molecule has 140 valence electrons. The van der Waals surface area contributed by atoms with Crippen LogP contribution in [-0.4, -0.2) is 88.4 Å². The summed E-state index contributed by atoms with van der Waals surface area (Å²) in [5.74, 6) is 0.920. The molecule has 0 unspecified atom stereocenters. The molecule has 7 heteroatoms. The quantitative estimate of drug-likeness (QED) is 0.380. The number of aliphatic imine (C=N–C) groups is 1. The second-order valence-corrected chi connectivity index (χ2v) is 6.05. The lowest BCUT2D eigenvalue weighted by Gasteiger charge is -2.33. The SMILES string of the molecule is CCNC(=NCCN(C)CCOC)N1CCC(C(=O)OCC)CC1. The minimum Gasteiger partial charge on any atom is -0.466 e. The molecule has 7 nitrogen and oxygen atoms in total. The van der Waals surface area contributed by atoms with Gasteiger partial charge in [-0.05, 0) is 33.7 Å². The van der Waals surface area contributed by atoms with Crippen LogP contribution in [0.5, 0.6) is 0 Å². The Balaban J connectivity index is 2.45. The predicted molar refractivity (Wildman–Crippen MR) is 96.3 cm³/mol. The average Bonchev–Trinajstić information content (AvgIpc) is 2.59. The van der Waals surface area contributed by atoms with Gasteiger partial charge in [-0.25, -0.2) is 0 Å². The molecule has 1 aliphatic rings. The van der Waals surface area contributed by atoms with Gasteiger partial charge in [0, 0.05) is 39.8 Å². The smallest absolute Gasteiger partial charge is 0.309 e. The maximum Gasteiger partial charge on any atom is 0.309 e. The zero-order valence-electron chi connectivity index (χ0n) is 15.7. The van der Waals surface area contributed by atoms with E-state index in [1.165, 1.54) is 0 Å². The van der Waals surface area contributed by atoms with Gasteiger partial charge < -0.3 is 24.6 Å². The molecule has 1 fully saturated rings. The number of likely N-dealkylation sites (N-methyl/N-ethyl adjacent to an activating group) is 1. The summed E-state index contributed by atoms with van der Waals surface area (Å²) in [6.07, 6.45) is 1.66. The number of methoxy groups -OCH3 is 1. The molecule has 0 aromatic heterocycles. The number of likely N-dealkylation sites (tertiary alicyclic amines) is 1. The number of nitrogens with zero attached hydrogens (tertiary/aromatic N) is 3.